The van der Waals surface area contributed by atoms with Gasteiger partial charge in [0.2, 0.25) is 5.95 Å². The normalized spacial score (nSPS) is 12.0. The molecule has 0 unspecified atom stereocenters. The highest BCUT2D eigenvalue weighted by Gasteiger charge is 2.21. The number of anilines is 2. The van der Waals surface area contributed by atoms with Gasteiger partial charge in [0.25, 0.3) is 11.5 Å². The van der Waals surface area contributed by atoms with Crippen molar-refractivity contribution in [1.82, 2.24) is 20.6 Å². The van der Waals surface area contributed by atoms with Crippen LogP contribution in [0.4, 0.5) is 20.8 Å². The number of halogens is 1. The third kappa shape index (κ3) is 8.15. The van der Waals surface area contributed by atoms with Gasteiger partial charge < -0.3 is 31.5 Å². The number of carbonyl (C=O) groups excluding carboxylic acids is 2. The van der Waals surface area contributed by atoms with Gasteiger partial charge >= 0.3 is 12.1 Å². The van der Waals surface area contributed by atoms with Crippen LogP contribution in [0.2, 0.25) is 0 Å². The summed E-state index contributed by atoms with van der Waals surface area (Å²) in [5.74, 6) is -2.65. The minimum absolute atomic E-state index is 0.0897. The Bertz CT molecular complexity index is 1420. The Labute approximate surface area is 223 Å². The van der Waals surface area contributed by atoms with Crippen LogP contribution in [0, 0.1) is 5.82 Å². The number of hydrogen-bond donors (Lipinski definition) is 6. The molecule has 0 saturated heterocycles. The van der Waals surface area contributed by atoms with Gasteiger partial charge in [-0.1, -0.05) is 12.1 Å². The second kappa shape index (κ2) is 12.2. The van der Waals surface area contributed by atoms with Gasteiger partial charge in [0.1, 0.15) is 17.0 Å². The van der Waals surface area contributed by atoms with Crippen LogP contribution in [-0.4, -0.2) is 51.2 Å². The number of amides is 2. The number of aromatic nitrogens is 2. The lowest BCUT2D eigenvalue weighted by Crippen LogP contribution is -2.41. The van der Waals surface area contributed by atoms with Crippen LogP contribution in [0.1, 0.15) is 49.5 Å². The second-order valence-corrected chi connectivity index (χ2v) is 9.76. The lowest BCUT2D eigenvalue weighted by molar-refractivity contribution is -0.139. The summed E-state index contributed by atoms with van der Waals surface area (Å²) in [6.07, 6.45) is -0.199. The Morgan fingerprint density at radius 1 is 1.15 bits per heavy atom. The van der Waals surface area contributed by atoms with Gasteiger partial charge in [-0.15, -0.1) is 0 Å². The van der Waals surface area contributed by atoms with Crippen molar-refractivity contribution in [2.24, 2.45) is 0 Å². The summed E-state index contributed by atoms with van der Waals surface area (Å²) in [4.78, 5) is 54.1. The number of carboxylic acid groups (broad SMARTS) is 1. The van der Waals surface area contributed by atoms with Crippen molar-refractivity contribution < 1.29 is 28.6 Å². The van der Waals surface area contributed by atoms with E-state index in [0.29, 0.717) is 12.0 Å². The number of nitrogens with zero attached hydrogens (tertiary/aromatic N) is 1. The Balaban J connectivity index is 1.54. The molecule has 2 amide bonds. The van der Waals surface area contributed by atoms with Gasteiger partial charge in [-0.2, -0.15) is 0 Å². The van der Waals surface area contributed by atoms with Crippen LogP contribution >= 0.6 is 0 Å². The number of nitrogen functional groups attached to an aromatic ring is 1. The van der Waals surface area contributed by atoms with Crippen molar-refractivity contribution in [2.45, 2.75) is 51.8 Å². The van der Waals surface area contributed by atoms with Gasteiger partial charge in [0, 0.05) is 18.7 Å². The summed E-state index contributed by atoms with van der Waals surface area (Å²) in [5.41, 5.74) is 5.33. The minimum Gasteiger partial charge on any atom is -0.480 e. The van der Waals surface area contributed by atoms with Crippen molar-refractivity contribution in [3.05, 3.63) is 63.7 Å². The summed E-state index contributed by atoms with van der Waals surface area (Å²) < 4.78 is 20.0. The molecular weight excluding hydrogens is 511 g/mol. The molecule has 1 atom stereocenters. The number of ether oxygens (including phenoxy) is 1. The third-order valence-electron chi connectivity index (χ3n) is 5.47. The molecule has 39 heavy (non-hydrogen) atoms. The van der Waals surface area contributed by atoms with E-state index in [1.807, 2.05) is 0 Å². The van der Waals surface area contributed by atoms with Gasteiger partial charge in [-0.05, 0) is 63.4 Å². The molecular formula is C26H31FN6O6. The monoisotopic (exact) mass is 542 g/mol. The average molecular weight is 543 g/mol. The molecule has 1 aromatic heterocycles. The molecule has 13 heteroatoms. The summed E-state index contributed by atoms with van der Waals surface area (Å²) in [7, 11) is 0. The van der Waals surface area contributed by atoms with Crippen LogP contribution in [-0.2, 0) is 16.1 Å². The first-order valence-corrected chi connectivity index (χ1v) is 12.2. The first-order valence-electron chi connectivity index (χ1n) is 12.2. The molecule has 208 valence electrons. The number of fused-ring (bicyclic) bond motifs is 1. The average Bonchev–Trinajstić information content (AvgIpc) is 2.84. The fourth-order valence-electron chi connectivity index (χ4n) is 3.63. The van der Waals surface area contributed by atoms with Crippen molar-refractivity contribution >= 4 is 40.5 Å². The Morgan fingerprint density at radius 2 is 1.85 bits per heavy atom. The van der Waals surface area contributed by atoms with E-state index in [2.05, 4.69) is 25.9 Å². The molecule has 0 saturated carbocycles. The van der Waals surface area contributed by atoms with Crippen molar-refractivity contribution in [2.75, 3.05) is 17.6 Å². The quantitative estimate of drug-likeness (QED) is 0.209. The molecule has 7 N–H and O–H groups in total. The van der Waals surface area contributed by atoms with Crippen molar-refractivity contribution in [1.29, 1.82) is 0 Å². The molecule has 3 aromatic rings. The number of alkyl carbamates (subject to hydrolysis) is 1. The number of hydrogen-bond acceptors (Lipinski definition) is 8. The summed E-state index contributed by atoms with van der Waals surface area (Å²) in [5, 5.41) is 17.2. The zero-order valence-corrected chi connectivity index (χ0v) is 21.8. The number of carbonyl (C=O) groups is 3. The molecule has 0 aliphatic rings. The molecule has 0 aliphatic carbocycles. The number of benzene rings is 2. The zero-order valence-electron chi connectivity index (χ0n) is 21.8. The Kier molecular flexibility index (Phi) is 9.07. The predicted molar refractivity (Wildman–Crippen MR) is 143 cm³/mol. The van der Waals surface area contributed by atoms with E-state index in [1.165, 1.54) is 24.3 Å². The molecule has 12 nitrogen and oxygen atoms in total. The van der Waals surface area contributed by atoms with E-state index in [-0.39, 0.29) is 47.6 Å². The lowest BCUT2D eigenvalue weighted by Gasteiger charge is -2.20. The molecule has 0 bridgehead atoms. The number of carboxylic acids is 1. The predicted octanol–water partition coefficient (Wildman–Crippen LogP) is 2.74. The van der Waals surface area contributed by atoms with Gasteiger partial charge in [-0.25, -0.2) is 19.0 Å². The Morgan fingerprint density at radius 3 is 2.49 bits per heavy atom. The van der Waals surface area contributed by atoms with Crippen LogP contribution in [0.5, 0.6) is 0 Å². The molecule has 0 radical (unpaired) electrons. The maximum Gasteiger partial charge on any atom is 0.407 e. The Hall–Kier alpha value is -4.68. The maximum absolute atomic E-state index is 14.8. The van der Waals surface area contributed by atoms with E-state index in [4.69, 9.17) is 10.5 Å². The molecule has 0 aliphatic heterocycles. The first kappa shape index (κ1) is 28.9. The van der Waals surface area contributed by atoms with Crippen LogP contribution in [0.3, 0.4) is 0 Å². The van der Waals surface area contributed by atoms with E-state index < -0.39 is 41.0 Å². The summed E-state index contributed by atoms with van der Waals surface area (Å²) in [6.45, 7) is 5.57. The number of H-pyrrole nitrogens is 1. The van der Waals surface area contributed by atoms with E-state index >= 15 is 0 Å². The van der Waals surface area contributed by atoms with Crippen LogP contribution in [0.25, 0.3) is 10.9 Å². The van der Waals surface area contributed by atoms with Crippen LogP contribution in [0.15, 0.2) is 41.2 Å². The highest BCUT2D eigenvalue weighted by Crippen LogP contribution is 2.22. The van der Waals surface area contributed by atoms with E-state index in [1.54, 1.807) is 32.9 Å². The molecule has 0 fully saturated rings. The topological polar surface area (TPSA) is 189 Å². The standard InChI is InChI=1S/C26H31FN6O6/c1-26(2,3)39-25(38)29-12-4-5-18(23(36)37)31-21(34)15-8-6-14(7-9-15)13-30-17-11-10-16-19(20(17)27)22(35)33-24(28)32-16/h6-11,18,30H,4-5,12-13H2,1-3H3,(H,29,38)(H,31,34)(H,36,37)(H3,28,32,33,35)/t18-/m0/s1. The third-order valence-corrected chi connectivity index (χ3v) is 5.47. The highest BCUT2D eigenvalue weighted by molar-refractivity contribution is 5.96. The smallest absolute Gasteiger partial charge is 0.407 e. The number of nitrogens with one attached hydrogen (secondary N) is 4. The summed E-state index contributed by atoms with van der Waals surface area (Å²) in [6, 6.07) is 8.08. The molecule has 3 rings (SSSR count). The van der Waals surface area contributed by atoms with Crippen molar-refractivity contribution in [3.63, 3.8) is 0 Å². The summed E-state index contributed by atoms with van der Waals surface area (Å²) >= 11 is 0. The minimum atomic E-state index is -1.20. The second-order valence-electron chi connectivity index (χ2n) is 9.76. The fourth-order valence-corrected chi connectivity index (χ4v) is 3.63. The zero-order chi connectivity index (χ0) is 28.7. The lowest BCUT2D eigenvalue weighted by atomic mass is 10.1. The van der Waals surface area contributed by atoms with Crippen LogP contribution < -0.4 is 27.2 Å². The van der Waals surface area contributed by atoms with Gasteiger partial charge in [0.15, 0.2) is 5.82 Å². The van der Waals surface area contributed by atoms with Gasteiger partial charge in [-0.3, -0.25) is 14.6 Å². The fraction of sp³-hybridized carbons (Fsp3) is 0.346. The SMILES string of the molecule is CC(C)(C)OC(=O)NCCC[C@H](NC(=O)c1ccc(CNc2ccc3nc(N)[nH]c(=O)c3c2F)cc1)C(=O)O. The highest BCUT2D eigenvalue weighted by atomic mass is 19.1. The van der Waals surface area contributed by atoms with Gasteiger partial charge in [0.05, 0.1) is 11.2 Å². The molecule has 0 spiro atoms. The molecule has 1 heterocycles. The van der Waals surface area contributed by atoms with E-state index in [9.17, 15) is 28.7 Å². The largest absolute Gasteiger partial charge is 0.480 e. The number of nitrogens with two attached hydrogens (primary N) is 1. The number of aliphatic carboxylic acids is 1. The molecule has 2 aromatic carbocycles. The maximum atomic E-state index is 14.8. The van der Waals surface area contributed by atoms with E-state index in [0.717, 1.165) is 0 Å². The van der Waals surface area contributed by atoms with Crippen molar-refractivity contribution in [3.8, 4) is 0 Å². The first-order chi connectivity index (χ1) is 18.3. The number of rotatable bonds is 10. The number of aromatic amines is 1.